The van der Waals surface area contributed by atoms with Crippen LogP contribution in [0, 0.1) is 0 Å². The van der Waals surface area contributed by atoms with Crippen molar-refractivity contribution in [1.82, 2.24) is 0 Å². The summed E-state index contributed by atoms with van der Waals surface area (Å²) in [7, 11) is 0. The summed E-state index contributed by atoms with van der Waals surface area (Å²) in [6, 6.07) is 27.3. The van der Waals surface area contributed by atoms with Gasteiger partial charge in [-0.05, 0) is 11.8 Å². The maximum absolute atomic E-state index is 6.81. The van der Waals surface area contributed by atoms with Gasteiger partial charge >= 0.3 is 0 Å². The third-order valence-electron chi connectivity index (χ3n) is 6.09. The SMILES string of the molecule is CC1c2cc[cH-]c2C(C)C2OC(c3ccccc3)(c3ccccc3)OC12. The minimum absolute atomic E-state index is 0.0420. The van der Waals surface area contributed by atoms with E-state index >= 15 is 0 Å². The summed E-state index contributed by atoms with van der Waals surface area (Å²) in [5, 5.41) is 0. The average molecular weight is 343 g/mol. The summed E-state index contributed by atoms with van der Waals surface area (Å²) < 4.78 is 13.6. The Balaban J connectivity index is 1.65. The van der Waals surface area contributed by atoms with E-state index in [-0.39, 0.29) is 12.2 Å². The van der Waals surface area contributed by atoms with Gasteiger partial charge in [0, 0.05) is 11.1 Å². The van der Waals surface area contributed by atoms with E-state index in [4.69, 9.17) is 9.47 Å². The van der Waals surface area contributed by atoms with Gasteiger partial charge in [-0.2, -0.15) is 23.3 Å². The number of ether oxygens (including phenoxy) is 2. The zero-order valence-corrected chi connectivity index (χ0v) is 15.1. The van der Waals surface area contributed by atoms with Gasteiger partial charge in [0.25, 0.3) is 0 Å². The van der Waals surface area contributed by atoms with Crippen molar-refractivity contribution in [2.45, 2.75) is 43.7 Å². The molecule has 132 valence electrons. The van der Waals surface area contributed by atoms with E-state index in [9.17, 15) is 0 Å². The maximum Gasteiger partial charge on any atom is 0.223 e. The van der Waals surface area contributed by atoms with E-state index in [1.165, 1.54) is 11.1 Å². The van der Waals surface area contributed by atoms with Crippen LogP contribution in [0.2, 0.25) is 0 Å². The minimum atomic E-state index is -0.843. The van der Waals surface area contributed by atoms with E-state index in [2.05, 4.69) is 80.6 Å². The highest BCUT2D eigenvalue weighted by molar-refractivity contribution is 5.42. The molecule has 3 aromatic carbocycles. The summed E-state index contributed by atoms with van der Waals surface area (Å²) in [5.74, 6) is -0.213. The lowest BCUT2D eigenvalue weighted by atomic mass is 9.77. The van der Waals surface area contributed by atoms with Gasteiger partial charge < -0.3 is 9.47 Å². The normalized spacial score (nSPS) is 29.2. The highest BCUT2D eigenvalue weighted by Crippen LogP contribution is 2.53. The molecule has 0 aromatic heterocycles. The van der Waals surface area contributed by atoms with Crippen molar-refractivity contribution in [2.75, 3.05) is 0 Å². The van der Waals surface area contributed by atoms with Crippen LogP contribution >= 0.6 is 0 Å². The zero-order valence-electron chi connectivity index (χ0n) is 15.1. The molecule has 1 saturated heterocycles. The molecular weight excluding hydrogens is 320 g/mol. The van der Waals surface area contributed by atoms with Crippen LogP contribution < -0.4 is 0 Å². The molecule has 0 bridgehead atoms. The largest absolute Gasteiger partial charge is 0.337 e. The van der Waals surface area contributed by atoms with E-state index in [1.54, 1.807) is 0 Å². The molecule has 1 aliphatic heterocycles. The van der Waals surface area contributed by atoms with Crippen molar-refractivity contribution in [3.05, 3.63) is 101 Å². The number of benzene rings is 2. The van der Waals surface area contributed by atoms with E-state index in [0.717, 1.165) is 11.1 Å². The van der Waals surface area contributed by atoms with Crippen LogP contribution in [0.1, 0.15) is 47.9 Å². The second kappa shape index (κ2) is 5.87. The van der Waals surface area contributed by atoms with Crippen molar-refractivity contribution in [2.24, 2.45) is 0 Å². The zero-order chi connectivity index (χ0) is 17.7. The lowest BCUT2D eigenvalue weighted by Gasteiger charge is -2.39. The fraction of sp³-hybridized carbons (Fsp3) is 0.292. The van der Waals surface area contributed by atoms with E-state index in [1.807, 2.05) is 12.1 Å². The van der Waals surface area contributed by atoms with Gasteiger partial charge in [0.15, 0.2) is 0 Å². The molecule has 1 heterocycles. The standard InChI is InChI=1S/C24H23O2/c1-16-20-14-9-15-21(20)17(2)23-22(16)25-24(26-23,18-10-5-3-6-11-18)19-12-7-4-8-13-19/h3-17,22-23H,1-2H3/q-1. The maximum atomic E-state index is 6.81. The predicted octanol–water partition coefficient (Wildman–Crippen LogP) is 5.31. The Bertz CT molecular complexity index is 822. The Labute approximate surface area is 154 Å². The summed E-state index contributed by atoms with van der Waals surface area (Å²) in [6.45, 7) is 4.52. The summed E-state index contributed by atoms with van der Waals surface area (Å²) in [5.41, 5.74) is 4.91. The Kier molecular flexibility index (Phi) is 3.59. The number of hydrogen-bond donors (Lipinski definition) is 0. The Morgan fingerprint density at radius 1 is 0.731 bits per heavy atom. The molecule has 5 rings (SSSR count). The quantitative estimate of drug-likeness (QED) is 0.587. The summed E-state index contributed by atoms with van der Waals surface area (Å²) in [6.07, 6.45) is 0.0839. The third-order valence-corrected chi connectivity index (χ3v) is 6.09. The molecule has 1 aliphatic carbocycles. The molecule has 0 spiro atoms. The molecule has 0 radical (unpaired) electrons. The summed E-state index contributed by atoms with van der Waals surface area (Å²) in [4.78, 5) is 0. The fourth-order valence-electron chi connectivity index (χ4n) is 4.70. The van der Waals surface area contributed by atoms with Crippen LogP contribution in [0.25, 0.3) is 0 Å². The molecule has 2 nitrogen and oxygen atoms in total. The van der Waals surface area contributed by atoms with Crippen molar-refractivity contribution in [3.63, 3.8) is 0 Å². The Hall–Kier alpha value is -2.29. The van der Waals surface area contributed by atoms with Crippen LogP contribution in [0.4, 0.5) is 0 Å². The fourth-order valence-corrected chi connectivity index (χ4v) is 4.70. The van der Waals surface area contributed by atoms with Gasteiger partial charge in [-0.3, -0.25) is 0 Å². The van der Waals surface area contributed by atoms with Gasteiger partial charge in [-0.25, -0.2) is 6.07 Å². The first-order valence-corrected chi connectivity index (χ1v) is 9.43. The number of fused-ring (bicyclic) bond motifs is 2. The Morgan fingerprint density at radius 2 is 1.27 bits per heavy atom. The van der Waals surface area contributed by atoms with Crippen molar-refractivity contribution < 1.29 is 9.47 Å². The molecule has 4 atom stereocenters. The van der Waals surface area contributed by atoms with Crippen molar-refractivity contribution >= 4 is 0 Å². The molecule has 0 N–H and O–H groups in total. The molecule has 4 unspecified atom stereocenters. The number of hydrogen-bond acceptors (Lipinski definition) is 2. The van der Waals surface area contributed by atoms with Gasteiger partial charge in [-0.15, -0.1) is 0 Å². The monoisotopic (exact) mass is 343 g/mol. The van der Waals surface area contributed by atoms with E-state index in [0.29, 0.717) is 11.8 Å². The predicted molar refractivity (Wildman–Crippen MR) is 102 cm³/mol. The highest BCUT2D eigenvalue weighted by atomic mass is 16.8. The second-order valence-electron chi connectivity index (χ2n) is 7.53. The van der Waals surface area contributed by atoms with Crippen molar-refractivity contribution in [3.8, 4) is 0 Å². The van der Waals surface area contributed by atoms with Gasteiger partial charge in [0.05, 0.1) is 12.2 Å². The van der Waals surface area contributed by atoms with Crippen LogP contribution in [0.15, 0.2) is 78.9 Å². The van der Waals surface area contributed by atoms with Crippen LogP contribution in [-0.2, 0) is 15.3 Å². The molecule has 0 amide bonds. The number of rotatable bonds is 2. The second-order valence-corrected chi connectivity index (χ2v) is 7.53. The first kappa shape index (κ1) is 15.9. The average Bonchev–Trinajstić information content (AvgIpc) is 3.34. The molecule has 26 heavy (non-hydrogen) atoms. The van der Waals surface area contributed by atoms with Gasteiger partial charge in [0.1, 0.15) is 0 Å². The molecular formula is C24H23O2-. The molecule has 1 fully saturated rings. The van der Waals surface area contributed by atoms with Gasteiger partial charge in [0.2, 0.25) is 5.79 Å². The molecule has 2 aliphatic rings. The van der Waals surface area contributed by atoms with Crippen molar-refractivity contribution in [1.29, 1.82) is 0 Å². The topological polar surface area (TPSA) is 18.5 Å². The Morgan fingerprint density at radius 3 is 1.85 bits per heavy atom. The van der Waals surface area contributed by atoms with Gasteiger partial charge in [-0.1, -0.05) is 74.5 Å². The molecule has 3 aromatic rings. The molecule has 0 saturated carbocycles. The summed E-state index contributed by atoms with van der Waals surface area (Å²) >= 11 is 0. The van der Waals surface area contributed by atoms with Crippen LogP contribution in [-0.4, -0.2) is 12.2 Å². The lowest BCUT2D eigenvalue weighted by Crippen LogP contribution is -2.36. The third kappa shape index (κ3) is 2.16. The van der Waals surface area contributed by atoms with Crippen LogP contribution in [0.3, 0.4) is 0 Å². The highest BCUT2D eigenvalue weighted by Gasteiger charge is 2.54. The smallest absolute Gasteiger partial charge is 0.223 e. The lowest BCUT2D eigenvalue weighted by molar-refractivity contribution is -0.152. The first-order chi connectivity index (χ1) is 12.7. The minimum Gasteiger partial charge on any atom is -0.337 e. The molecule has 2 heteroatoms. The van der Waals surface area contributed by atoms with E-state index < -0.39 is 5.79 Å². The van der Waals surface area contributed by atoms with Crippen LogP contribution in [0.5, 0.6) is 0 Å². The first-order valence-electron chi connectivity index (χ1n) is 9.43.